The lowest BCUT2D eigenvalue weighted by Gasteiger charge is -2.16. The summed E-state index contributed by atoms with van der Waals surface area (Å²) in [6.07, 6.45) is 0. The Morgan fingerprint density at radius 1 is 1.24 bits per heavy atom. The molecule has 0 spiro atoms. The number of hydrogen-bond donors (Lipinski definition) is 2. The lowest BCUT2D eigenvalue weighted by atomic mass is 10.2. The Bertz CT molecular complexity index is 616. The van der Waals surface area contributed by atoms with Crippen LogP contribution in [0.2, 0.25) is 0 Å². The maximum Gasteiger partial charge on any atom is 0.238 e. The number of likely N-dealkylation sites (N-methyl/N-ethyl adjacent to an activating group) is 1. The molecule has 0 heterocycles. The molecule has 0 fully saturated rings. The van der Waals surface area contributed by atoms with E-state index >= 15 is 0 Å². The van der Waals surface area contributed by atoms with Crippen LogP contribution in [0.15, 0.2) is 48.5 Å². The molecule has 0 atom stereocenters. The number of rotatable bonds is 5. The molecule has 2 aromatic carbocycles. The van der Waals surface area contributed by atoms with Crippen molar-refractivity contribution in [1.82, 2.24) is 4.90 Å². The van der Waals surface area contributed by atoms with Gasteiger partial charge in [0.2, 0.25) is 5.91 Å². The number of nitrogens with one attached hydrogen (secondary N) is 1. The molecular weight excluding hydrogens is 269 g/mol. The summed E-state index contributed by atoms with van der Waals surface area (Å²) >= 11 is 0. The average Bonchev–Trinajstić information content (AvgIpc) is 2.43. The SMILES string of the molecule is CN(CC(=O)Nc1ccc(F)cc1N)Cc1ccccc1. The van der Waals surface area contributed by atoms with Crippen LogP contribution in [0.3, 0.4) is 0 Å². The van der Waals surface area contributed by atoms with Crippen LogP contribution in [0, 0.1) is 5.82 Å². The van der Waals surface area contributed by atoms with E-state index in [1.165, 1.54) is 18.2 Å². The van der Waals surface area contributed by atoms with Crippen molar-refractivity contribution in [2.24, 2.45) is 0 Å². The van der Waals surface area contributed by atoms with Crippen molar-refractivity contribution >= 4 is 17.3 Å². The van der Waals surface area contributed by atoms with Gasteiger partial charge in [0.1, 0.15) is 5.82 Å². The minimum absolute atomic E-state index is 0.188. The van der Waals surface area contributed by atoms with Crippen LogP contribution in [-0.4, -0.2) is 24.4 Å². The van der Waals surface area contributed by atoms with Gasteiger partial charge in [-0.2, -0.15) is 0 Å². The number of nitrogens with zero attached hydrogens (tertiary/aromatic N) is 1. The molecule has 0 aliphatic heterocycles. The largest absolute Gasteiger partial charge is 0.397 e. The van der Waals surface area contributed by atoms with Crippen molar-refractivity contribution in [2.75, 3.05) is 24.6 Å². The fourth-order valence-electron chi connectivity index (χ4n) is 2.03. The maximum atomic E-state index is 12.9. The van der Waals surface area contributed by atoms with Crippen molar-refractivity contribution in [1.29, 1.82) is 0 Å². The van der Waals surface area contributed by atoms with E-state index in [1.54, 1.807) is 0 Å². The highest BCUT2D eigenvalue weighted by Gasteiger charge is 2.09. The van der Waals surface area contributed by atoms with Gasteiger partial charge < -0.3 is 11.1 Å². The molecule has 5 heteroatoms. The van der Waals surface area contributed by atoms with Crippen LogP contribution in [0.5, 0.6) is 0 Å². The number of amides is 1. The second-order valence-electron chi connectivity index (χ2n) is 4.94. The summed E-state index contributed by atoms with van der Waals surface area (Å²) in [5, 5.41) is 2.68. The van der Waals surface area contributed by atoms with Crippen molar-refractivity contribution in [2.45, 2.75) is 6.54 Å². The first-order chi connectivity index (χ1) is 10.0. The van der Waals surface area contributed by atoms with E-state index in [4.69, 9.17) is 5.73 Å². The van der Waals surface area contributed by atoms with Crippen molar-refractivity contribution in [3.8, 4) is 0 Å². The number of carbonyl (C=O) groups excluding carboxylic acids is 1. The highest BCUT2D eigenvalue weighted by Crippen LogP contribution is 2.18. The number of halogens is 1. The molecule has 110 valence electrons. The van der Waals surface area contributed by atoms with Crippen LogP contribution in [0.4, 0.5) is 15.8 Å². The van der Waals surface area contributed by atoms with E-state index in [0.717, 1.165) is 5.56 Å². The molecule has 0 aliphatic rings. The zero-order valence-electron chi connectivity index (χ0n) is 11.8. The number of anilines is 2. The summed E-state index contributed by atoms with van der Waals surface area (Å²) in [6.45, 7) is 0.902. The zero-order chi connectivity index (χ0) is 15.2. The summed E-state index contributed by atoms with van der Waals surface area (Å²) in [5.74, 6) is -0.613. The molecule has 0 radical (unpaired) electrons. The van der Waals surface area contributed by atoms with Crippen LogP contribution in [0.25, 0.3) is 0 Å². The highest BCUT2D eigenvalue weighted by atomic mass is 19.1. The topological polar surface area (TPSA) is 58.4 Å². The third kappa shape index (κ3) is 4.57. The monoisotopic (exact) mass is 287 g/mol. The van der Waals surface area contributed by atoms with Crippen LogP contribution >= 0.6 is 0 Å². The summed E-state index contributed by atoms with van der Waals surface area (Å²) in [5.41, 5.74) is 7.43. The quantitative estimate of drug-likeness (QED) is 0.831. The second-order valence-corrected chi connectivity index (χ2v) is 4.94. The van der Waals surface area contributed by atoms with Crippen molar-refractivity contribution in [3.63, 3.8) is 0 Å². The number of carbonyl (C=O) groups is 1. The average molecular weight is 287 g/mol. The predicted molar refractivity (Wildman–Crippen MR) is 82.2 cm³/mol. The molecule has 0 bridgehead atoms. The number of hydrogen-bond acceptors (Lipinski definition) is 3. The first-order valence-electron chi connectivity index (χ1n) is 6.62. The normalized spacial score (nSPS) is 10.6. The Kier molecular flexibility index (Phi) is 4.90. The predicted octanol–water partition coefficient (Wildman–Crippen LogP) is 2.48. The molecular formula is C16H18FN3O. The molecule has 0 aromatic heterocycles. The molecule has 4 nitrogen and oxygen atoms in total. The molecule has 3 N–H and O–H groups in total. The van der Waals surface area contributed by atoms with Crippen LogP contribution in [-0.2, 0) is 11.3 Å². The van der Waals surface area contributed by atoms with Gasteiger partial charge in [-0.1, -0.05) is 30.3 Å². The molecule has 1 amide bonds. The van der Waals surface area contributed by atoms with Gasteiger partial charge in [-0.3, -0.25) is 9.69 Å². The molecule has 2 aromatic rings. The molecule has 0 saturated carbocycles. The third-order valence-corrected chi connectivity index (χ3v) is 3.00. The fourth-order valence-corrected chi connectivity index (χ4v) is 2.03. The number of nitrogen functional groups attached to an aromatic ring is 1. The Hall–Kier alpha value is -2.40. The second kappa shape index (κ2) is 6.85. The highest BCUT2D eigenvalue weighted by molar-refractivity contribution is 5.95. The van der Waals surface area contributed by atoms with E-state index in [1.807, 2.05) is 42.3 Å². The van der Waals surface area contributed by atoms with E-state index in [2.05, 4.69) is 5.32 Å². The minimum atomic E-state index is -0.424. The van der Waals surface area contributed by atoms with Gasteiger partial charge in [-0.25, -0.2) is 4.39 Å². The lowest BCUT2D eigenvalue weighted by molar-refractivity contribution is -0.117. The van der Waals surface area contributed by atoms with E-state index in [0.29, 0.717) is 12.2 Å². The van der Waals surface area contributed by atoms with E-state index < -0.39 is 5.82 Å². The van der Waals surface area contributed by atoms with Gasteiger partial charge in [0.25, 0.3) is 0 Å². The van der Waals surface area contributed by atoms with Gasteiger partial charge >= 0.3 is 0 Å². The lowest BCUT2D eigenvalue weighted by Crippen LogP contribution is -2.30. The van der Waals surface area contributed by atoms with Crippen LogP contribution in [0.1, 0.15) is 5.56 Å². The Morgan fingerprint density at radius 3 is 2.62 bits per heavy atom. The standard InChI is InChI=1S/C16H18FN3O/c1-20(10-12-5-3-2-4-6-12)11-16(21)19-15-8-7-13(17)9-14(15)18/h2-9H,10-11,18H2,1H3,(H,19,21). The molecule has 2 rings (SSSR count). The summed E-state index contributed by atoms with van der Waals surface area (Å²) < 4.78 is 12.9. The van der Waals surface area contributed by atoms with Crippen LogP contribution < -0.4 is 11.1 Å². The zero-order valence-corrected chi connectivity index (χ0v) is 11.8. The summed E-state index contributed by atoms with van der Waals surface area (Å²) in [6, 6.07) is 13.8. The number of benzene rings is 2. The minimum Gasteiger partial charge on any atom is -0.397 e. The Morgan fingerprint density at radius 2 is 1.95 bits per heavy atom. The van der Waals surface area contributed by atoms with Crippen molar-refractivity contribution < 1.29 is 9.18 Å². The molecule has 0 unspecified atom stereocenters. The fraction of sp³-hybridized carbons (Fsp3) is 0.188. The maximum absolute atomic E-state index is 12.9. The molecule has 0 saturated heterocycles. The number of nitrogens with two attached hydrogens (primary N) is 1. The Labute approximate surface area is 123 Å². The van der Waals surface area contributed by atoms with E-state index in [9.17, 15) is 9.18 Å². The van der Waals surface area contributed by atoms with Crippen molar-refractivity contribution in [3.05, 3.63) is 59.9 Å². The third-order valence-electron chi connectivity index (χ3n) is 3.00. The van der Waals surface area contributed by atoms with Gasteiger partial charge in [-0.05, 0) is 30.8 Å². The molecule has 0 aliphatic carbocycles. The first-order valence-corrected chi connectivity index (χ1v) is 6.62. The van der Waals surface area contributed by atoms with Gasteiger partial charge in [-0.15, -0.1) is 0 Å². The molecule has 21 heavy (non-hydrogen) atoms. The first kappa shape index (κ1) is 15.0. The van der Waals surface area contributed by atoms with E-state index in [-0.39, 0.29) is 18.1 Å². The Balaban J connectivity index is 1.89. The summed E-state index contributed by atoms with van der Waals surface area (Å²) in [4.78, 5) is 13.8. The smallest absolute Gasteiger partial charge is 0.238 e. The summed E-state index contributed by atoms with van der Waals surface area (Å²) in [7, 11) is 1.86. The van der Waals surface area contributed by atoms with Gasteiger partial charge in [0, 0.05) is 6.54 Å². The van der Waals surface area contributed by atoms with Gasteiger partial charge in [0.15, 0.2) is 0 Å². The van der Waals surface area contributed by atoms with Gasteiger partial charge in [0.05, 0.1) is 17.9 Å².